The summed E-state index contributed by atoms with van der Waals surface area (Å²) in [5, 5.41) is 6.11. The van der Waals surface area contributed by atoms with Crippen LogP contribution in [0.4, 0.5) is 0 Å². The minimum absolute atomic E-state index is 0.0134. The highest BCUT2D eigenvalue weighted by Crippen LogP contribution is 2.02. The zero-order chi connectivity index (χ0) is 11.9. The minimum Gasteiger partial charge on any atom is -0.375 e. The molecule has 1 amide bonds. The Hall–Kier alpha value is -1.39. The van der Waals surface area contributed by atoms with E-state index in [4.69, 9.17) is 4.74 Å². The van der Waals surface area contributed by atoms with Crippen molar-refractivity contribution in [2.45, 2.75) is 19.1 Å². The van der Waals surface area contributed by atoms with Gasteiger partial charge in [-0.2, -0.15) is 0 Å². The number of hydrogen-bond donors (Lipinski definition) is 2. The predicted molar refractivity (Wildman–Crippen MR) is 65.5 cm³/mol. The molecule has 0 bridgehead atoms. The first kappa shape index (κ1) is 12.1. The van der Waals surface area contributed by atoms with Crippen LogP contribution in [0.2, 0.25) is 0 Å². The molecule has 1 saturated heterocycles. The summed E-state index contributed by atoms with van der Waals surface area (Å²) in [5.74, 6) is 0.0440. The summed E-state index contributed by atoms with van der Waals surface area (Å²) in [6, 6.07) is 9.90. The van der Waals surface area contributed by atoms with Gasteiger partial charge >= 0.3 is 0 Å². The van der Waals surface area contributed by atoms with Gasteiger partial charge in [0.05, 0.1) is 19.1 Å². The average molecular weight is 234 g/mol. The van der Waals surface area contributed by atoms with Crippen LogP contribution >= 0.6 is 0 Å². The number of hydrogen-bond acceptors (Lipinski definition) is 3. The van der Waals surface area contributed by atoms with Crippen molar-refractivity contribution in [3.63, 3.8) is 0 Å². The standard InChI is InChI=1S/C13H18N2O2/c16-13(8-12-10-14-6-7-17-12)15-9-11-4-2-1-3-5-11/h1-5,12,14H,6-10H2,(H,15,16). The van der Waals surface area contributed by atoms with Gasteiger partial charge in [0.25, 0.3) is 0 Å². The molecule has 92 valence electrons. The summed E-state index contributed by atoms with van der Waals surface area (Å²) in [6.07, 6.45) is 0.444. The molecule has 1 aliphatic rings. The molecule has 0 aliphatic carbocycles. The van der Waals surface area contributed by atoms with Gasteiger partial charge in [-0.3, -0.25) is 4.79 Å². The van der Waals surface area contributed by atoms with Gasteiger partial charge in [-0.1, -0.05) is 30.3 Å². The second kappa shape index (κ2) is 6.37. The minimum atomic E-state index is 0.0134. The maximum atomic E-state index is 11.7. The number of ether oxygens (including phenoxy) is 1. The molecule has 17 heavy (non-hydrogen) atoms. The van der Waals surface area contributed by atoms with Crippen LogP contribution in [-0.2, 0) is 16.1 Å². The molecular formula is C13H18N2O2. The van der Waals surface area contributed by atoms with Gasteiger partial charge in [0.15, 0.2) is 0 Å². The molecule has 4 heteroatoms. The van der Waals surface area contributed by atoms with Gasteiger partial charge in [0, 0.05) is 19.6 Å². The predicted octanol–water partition coefficient (Wildman–Crippen LogP) is 0.681. The number of nitrogens with one attached hydrogen (secondary N) is 2. The van der Waals surface area contributed by atoms with Crippen molar-refractivity contribution in [2.24, 2.45) is 0 Å². The third-order valence-electron chi connectivity index (χ3n) is 2.75. The number of carbonyl (C=O) groups excluding carboxylic acids is 1. The summed E-state index contributed by atoms with van der Waals surface area (Å²) >= 11 is 0. The number of morpholine rings is 1. The summed E-state index contributed by atoms with van der Waals surface area (Å²) < 4.78 is 5.48. The molecule has 1 atom stereocenters. The normalized spacial score (nSPS) is 19.9. The Morgan fingerprint density at radius 2 is 2.24 bits per heavy atom. The summed E-state index contributed by atoms with van der Waals surface area (Å²) in [7, 11) is 0. The van der Waals surface area contributed by atoms with E-state index in [9.17, 15) is 4.79 Å². The average Bonchev–Trinajstić information content (AvgIpc) is 2.39. The van der Waals surface area contributed by atoms with Gasteiger partial charge in [0.2, 0.25) is 5.91 Å². The van der Waals surface area contributed by atoms with E-state index in [2.05, 4.69) is 10.6 Å². The SMILES string of the molecule is O=C(CC1CNCCO1)NCc1ccccc1. The quantitative estimate of drug-likeness (QED) is 0.805. The highest BCUT2D eigenvalue weighted by Gasteiger charge is 2.16. The maximum Gasteiger partial charge on any atom is 0.222 e. The largest absolute Gasteiger partial charge is 0.375 e. The van der Waals surface area contributed by atoms with Crippen LogP contribution in [0, 0.1) is 0 Å². The fraction of sp³-hybridized carbons (Fsp3) is 0.462. The van der Waals surface area contributed by atoms with Gasteiger partial charge in [-0.05, 0) is 5.56 Å². The van der Waals surface area contributed by atoms with Gasteiger partial charge in [-0.15, -0.1) is 0 Å². The van der Waals surface area contributed by atoms with E-state index in [1.165, 1.54) is 0 Å². The maximum absolute atomic E-state index is 11.7. The number of rotatable bonds is 4. The van der Waals surface area contributed by atoms with Gasteiger partial charge < -0.3 is 15.4 Å². The molecule has 2 N–H and O–H groups in total. The second-order valence-corrected chi connectivity index (χ2v) is 4.16. The van der Waals surface area contributed by atoms with E-state index in [1.807, 2.05) is 30.3 Å². The van der Waals surface area contributed by atoms with E-state index >= 15 is 0 Å². The van der Waals surface area contributed by atoms with Crippen molar-refractivity contribution in [1.29, 1.82) is 0 Å². The third-order valence-corrected chi connectivity index (χ3v) is 2.75. The topological polar surface area (TPSA) is 50.4 Å². The molecule has 1 fully saturated rings. The summed E-state index contributed by atoms with van der Waals surface area (Å²) in [4.78, 5) is 11.7. The molecule has 1 heterocycles. The molecule has 1 aromatic carbocycles. The van der Waals surface area contributed by atoms with E-state index < -0.39 is 0 Å². The molecule has 0 spiro atoms. The molecule has 1 aromatic rings. The molecule has 1 unspecified atom stereocenters. The Bertz CT molecular complexity index is 348. The number of amides is 1. The zero-order valence-electron chi connectivity index (χ0n) is 9.82. The van der Waals surface area contributed by atoms with Crippen LogP contribution in [0.15, 0.2) is 30.3 Å². The first-order valence-corrected chi connectivity index (χ1v) is 5.97. The van der Waals surface area contributed by atoms with Crippen molar-refractivity contribution in [3.8, 4) is 0 Å². The number of benzene rings is 1. The Balaban J connectivity index is 1.70. The van der Waals surface area contributed by atoms with Crippen LogP contribution in [0.3, 0.4) is 0 Å². The fourth-order valence-corrected chi connectivity index (χ4v) is 1.83. The first-order chi connectivity index (χ1) is 8.34. The third kappa shape index (κ3) is 4.17. The molecule has 2 rings (SSSR count). The molecule has 4 nitrogen and oxygen atoms in total. The zero-order valence-corrected chi connectivity index (χ0v) is 9.82. The van der Waals surface area contributed by atoms with Crippen LogP contribution in [0.1, 0.15) is 12.0 Å². The molecule has 1 aliphatic heterocycles. The van der Waals surface area contributed by atoms with Gasteiger partial charge in [-0.25, -0.2) is 0 Å². The van der Waals surface area contributed by atoms with Crippen LogP contribution in [0.5, 0.6) is 0 Å². The van der Waals surface area contributed by atoms with E-state index in [-0.39, 0.29) is 12.0 Å². The highest BCUT2D eigenvalue weighted by atomic mass is 16.5. The van der Waals surface area contributed by atoms with Crippen LogP contribution in [0.25, 0.3) is 0 Å². The van der Waals surface area contributed by atoms with E-state index in [1.54, 1.807) is 0 Å². The lowest BCUT2D eigenvalue weighted by molar-refractivity contribution is -0.124. The monoisotopic (exact) mass is 234 g/mol. The van der Waals surface area contributed by atoms with Crippen LogP contribution < -0.4 is 10.6 Å². The lowest BCUT2D eigenvalue weighted by atomic mass is 10.2. The highest BCUT2D eigenvalue weighted by molar-refractivity contribution is 5.76. The Kier molecular flexibility index (Phi) is 4.53. The van der Waals surface area contributed by atoms with Crippen molar-refractivity contribution >= 4 is 5.91 Å². The van der Waals surface area contributed by atoms with Crippen molar-refractivity contribution in [2.75, 3.05) is 19.7 Å². The molecule has 0 saturated carbocycles. The summed E-state index contributed by atoms with van der Waals surface area (Å²) in [6.45, 7) is 2.91. The second-order valence-electron chi connectivity index (χ2n) is 4.16. The van der Waals surface area contributed by atoms with Crippen molar-refractivity contribution in [1.82, 2.24) is 10.6 Å². The van der Waals surface area contributed by atoms with Crippen molar-refractivity contribution in [3.05, 3.63) is 35.9 Å². The molecular weight excluding hydrogens is 216 g/mol. The Morgan fingerprint density at radius 1 is 1.41 bits per heavy atom. The summed E-state index contributed by atoms with van der Waals surface area (Å²) in [5.41, 5.74) is 1.11. The Morgan fingerprint density at radius 3 is 2.94 bits per heavy atom. The van der Waals surface area contributed by atoms with Crippen LogP contribution in [-0.4, -0.2) is 31.7 Å². The fourth-order valence-electron chi connectivity index (χ4n) is 1.83. The smallest absolute Gasteiger partial charge is 0.222 e. The lowest BCUT2D eigenvalue weighted by Gasteiger charge is -2.23. The molecule has 0 radical (unpaired) electrons. The Labute approximate surface area is 101 Å². The first-order valence-electron chi connectivity index (χ1n) is 5.97. The van der Waals surface area contributed by atoms with Gasteiger partial charge in [0.1, 0.15) is 0 Å². The van der Waals surface area contributed by atoms with E-state index in [0.29, 0.717) is 19.6 Å². The van der Waals surface area contributed by atoms with E-state index in [0.717, 1.165) is 18.7 Å². The number of carbonyl (C=O) groups is 1. The molecule has 0 aromatic heterocycles. The van der Waals surface area contributed by atoms with Crippen molar-refractivity contribution < 1.29 is 9.53 Å². The lowest BCUT2D eigenvalue weighted by Crippen LogP contribution is -2.41.